The summed E-state index contributed by atoms with van der Waals surface area (Å²) in [6, 6.07) is -1.02. The first-order valence-corrected chi connectivity index (χ1v) is 14.1. The number of thiazole rings is 1. The number of H-pyrrole nitrogens is 1. The number of hydrogen-bond acceptors (Lipinski definition) is 15. The van der Waals surface area contributed by atoms with E-state index in [1.165, 1.54) is 49.1 Å². The summed E-state index contributed by atoms with van der Waals surface area (Å²) in [6.07, 6.45) is 2.73. The number of aromatic amines is 1. The van der Waals surface area contributed by atoms with Crippen LogP contribution in [0.25, 0.3) is 0 Å². The number of anilines is 1. The highest BCUT2D eigenvalue weighted by Crippen LogP contribution is 2.41. The second-order valence-corrected chi connectivity index (χ2v) is 10.7. The van der Waals surface area contributed by atoms with Crippen molar-refractivity contribution < 1.29 is 29.2 Å². The molecule has 20 heteroatoms. The zero-order valence-electron chi connectivity index (χ0n) is 21.2. The lowest BCUT2D eigenvalue weighted by Crippen LogP contribution is -2.71. The Morgan fingerprint density at radius 3 is 2.78 bits per heavy atom. The van der Waals surface area contributed by atoms with Crippen molar-refractivity contribution in [2.45, 2.75) is 23.1 Å². The maximum Gasteiger partial charge on any atom is 0.352 e. The first-order chi connectivity index (χ1) is 19.7. The summed E-state index contributed by atoms with van der Waals surface area (Å²) >= 11 is 3.27. The molecule has 41 heavy (non-hydrogen) atoms. The van der Waals surface area contributed by atoms with Gasteiger partial charge in [0.1, 0.15) is 37.0 Å². The fourth-order valence-corrected chi connectivity index (χ4v) is 6.31. The third-order valence-electron chi connectivity index (χ3n) is 5.46. The fourth-order valence-electron chi connectivity index (χ4n) is 3.71. The number of nitrogens with zero attached hydrogens (tertiary/aromatic N) is 6. The molecule has 0 saturated carbocycles. The zero-order valence-corrected chi connectivity index (χ0v) is 23.6. The Labute approximate surface area is 242 Å². The molecule has 4 rings (SSSR count). The number of nitrogens with two attached hydrogens (primary N) is 1. The zero-order chi connectivity index (χ0) is 29.7. The molecule has 216 valence electrons. The number of rotatable bonds is 11. The minimum absolute atomic E-state index is 0.0948. The van der Waals surface area contributed by atoms with Crippen LogP contribution in [0.15, 0.2) is 53.2 Å². The van der Waals surface area contributed by atoms with E-state index in [0.29, 0.717) is 5.57 Å². The summed E-state index contributed by atoms with van der Waals surface area (Å²) in [5, 5.41) is 28.3. The van der Waals surface area contributed by atoms with E-state index in [2.05, 4.69) is 35.6 Å². The Hall–Kier alpha value is -4.43. The summed E-state index contributed by atoms with van der Waals surface area (Å²) in [5.41, 5.74) is 3.87. The number of carboxylic acid groups (broad SMARTS) is 1. The molecule has 2 aromatic heterocycles. The highest BCUT2D eigenvalue weighted by molar-refractivity contribution is 8.02. The number of carbonyl (C=O) groups excluding carboxylic acids is 2. The molecule has 2 unspecified atom stereocenters. The number of aromatic nitrogens is 4. The molecule has 0 aromatic carbocycles. The summed E-state index contributed by atoms with van der Waals surface area (Å²) in [5.74, 6) is -2.52. The van der Waals surface area contributed by atoms with Gasteiger partial charge in [-0.15, -0.1) is 28.2 Å². The lowest BCUT2D eigenvalue weighted by Gasteiger charge is -2.49. The molecule has 1 saturated heterocycles. The maximum atomic E-state index is 13.0. The molecule has 2 aliphatic rings. The molecule has 2 amide bonds. The molecule has 17 nitrogen and oxygen atoms in total. The van der Waals surface area contributed by atoms with Gasteiger partial charge in [-0.05, 0) is 17.1 Å². The number of carbonyl (C=O) groups is 3. The van der Waals surface area contributed by atoms with Crippen LogP contribution in [0.4, 0.5) is 5.13 Å². The predicted octanol–water partition coefficient (Wildman–Crippen LogP) is -1.00. The van der Waals surface area contributed by atoms with Gasteiger partial charge in [0.05, 0.1) is 12.8 Å². The molecule has 4 heterocycles. The number of aliphatic carboxylic acids is 1. The molecule has 2 aromatic rings. The van der Waals surface area contributed by atoms with Crippen LogP contribution < -0.4 is 22.2 Å². The molecule has 0 radical (unpaired) electrons. The summed E-state index contributed by atoms with van der Waals surface area (Å²) in [4.78, 5) is 76.4. The van der Waals surface area contributed by atoms with Crippen molar-refractivity contribution in [2.24, 2.45) is 10.3 Å². The molecular weight excluding hydrogens is 602 g/mol. The van der Waals surface area contributed by atoms with Crippen molar-refractivity contribution in [1.82, 2.24) is 30.0 Å². The first kappa shape index (κ1) is 29.6. The Kier molecular flexibility index (Phi) is 9.24. The van der Waals surface area contributed by atoms with Gasteiger partial charge in [0.2, 0.25) is 0 Å². The maximum absolute atomic E-state index is 13.0. The van der Waals surface area contributed by atoms with Gasteiger partial charge in [-0.25, -0.2) is 14.9 Å². The van der Waals surface area contributed by atoms with E-state index < -0.39 is 40.3 Å². The fraction of sp³-hybridized carbons (Fsp3) is 0.286. The van der Waals surface area contributed by atoms with Gasteiger partial charge in [-0.3, -0.25) is 28.6 Å². The molecular formula is C21H21N9O8S3. The van der Waals surface area contributed by atoms with Crippen molar-refractivity contribution in [1.29, 1.82) is 0 Å². The second kappa shape index (κ2) is 12.8. The van der Waals surface area contributed by atoms with Crippen LogP contribution in [0.2, 0.25) is 0 Å². The molecule has 0 bridgehead atoms. The van der Waals surface area contributed by atoms with E-state index in [0.717, 1.165) is 32.6 Å². The molecule has 0 aliphatic carbocycles. The average Bonchev–Trinajstić information content (AvgIpc) is 3.38. The van der Waals surface area contributed by atoms with E-state index in [9.17, 15) is 29.1 Å². The third kappa shape index (κ3) is 6.18. The number of β-lactam (4-membered cyclic amide) rings is 1. The highest BCUT2D eigenvalue weighted by Gasteiger charge is 2.54. The number of nitrogens with one attached hydrogen (secondary N) is 2. The Morgan fingerprint density at radius 1 is 1.34 bits per heavy atom. The van der Waals surface area contributed by atoms with Crippen LogP contribution in [0.5, 0.6) is 0 Å². The van der Waals surface area contributed by atoms with E-state index in [4.69, 9.17) is 10.6 Å². The van der Waals surface area contributed by atoms with Gasteiger partial charge >= 0.3 is 17.1 Å². The van der Waals surface area contributed by atoms with Crippen molar-refractivity contribution in [2.75, 3.05) is 25.7 Å². The van der Waals surface area contributed by atoms with Gasteiger partial charge in [-0.2, -0.15) is 0 Å². The number of oxime groups is 2. The number of hydrogen-bond donors (Lipinski definition) is 4. The number of amides is 2. The number of fused-ring (bicyclic) bond motifs is 1. The Morgan fingerprint density at radius 2 is 2.12 bits per heavy atom. The molecule has 1 fully saturated rings. The van der Waals surface area contributed by atoms with Gasteiger partial charge in [0.25, 0.3) is 11.8 Å². The van der Waals surface area contributed by atoms with Crippen LogP contribution >= 0.6 is 34.9 Å². The lowest BCUT2D eigenvalue weighted by atomic mass is 10.0. The van der Waals surface area contributed by atoms with Crippen molar-refractivity contribution in [3.8, 4) is 0 Å². The summed E-state index contributed by atoms with van der Waals surface area (Å²) in [6.45, 7) is -0.0948. The van der Waals surface area contributed by atoms with Crippen molar-refractivity contribution in [3.05, 3.63) is 54.5 Å². The van der Waals surface area contributed by atoms with Crippen LogP contribution in [0.1, 0.15) is 5.69 Å². The molecule has 0 spiro atoms. The molecule has 2 atom stereocenters. The average molecular weight is 624 g/mol. The van der Waals surface area contributed by atoms with Crippen LogP contribution in [0.3, 0.4) is 0 Å². The first-order valence-electron chi connectivity index (χ1n) is 11.3. The number of nitrogen functional groups attached to an aromatic ring is 1. The third-order valence-corrected chi connectivity index (χ3v) is 8.23. The summed E-state index contributed by atoms with van der Waals surface area (Å²) < 4.78 is 1.06. The number of thioether (sulfide) groups is 2. The number of carboxylic acids is 1. The lowest BCUT2D eigenvalue weighted by molar-refractivity contribution is -0.150. The van der Waals surface area contributed by atoms with Crippen LogP contribution in [-0.2, 0) is 30.6 Å². The Balaban J connectivity index is 1.51. The van der Waals surface area contributed by atoms with Crippen LogP contribution in [0, 0.1) is 0 Å². The Bertz CT molecular complexity index is 1610. The van der Waals surface area contributed by atoms with Gasteiger partial charge < -0.3 is 25.8 Å². The van der Waals surface area contributed by atoms with E-state index in [1.807, 2.05) is 0 Å². The highest BCUT2D eigenvalue weighted by atomic mass is 32.2. The van der Waals surface area contributed by atoms with E-state index >= 15 is 0 Å². The largest absolute Gasteiger partial charge is 0.477 e. The van der Waals surface area contributed by atoms with Gasteiger partial charge in [-0.1, -0.05) is 22.1 Å². The van der Waals surface area contributed by atoms with E-state index in [1.54, 1.807) is 0 Å². The van der Waals surface area contributed by atoms with E-state index in [-0.39, 0.29) is 39.7 Å². The molecule has 5 N–H and O–H groups in total. The standard InChI is InChI=1S/C21H21N9O8S3/c1-37-23-4-5-29-17(34)15(32)26-27-21(29)39-6-3-9-7-40-18-12(16(33)30(18)13(9)19(35)36)25-14(31)11(28-38-2)10-8-41-20(22)24-10/h3-4,6,8,12,18H,5,7H2,1-2H3,(H2,22,24)(H,25,31)(H,26,32)(H,35,36)/b6-3+,23-4+,28-11-. The van der Waals surface area contributed by atoms with Crippen LogP contribution in [-0.4, -0.2) is 90.9 Å². The number of allylic oxidation sites excluding steroid dienone is 1. The minimum atomic E-state index is -1.34. The minimum Gasteiger partial charge on any atom is -0.477 e. The topological polar surface area (TPSA) is 237 Å². The van der Waals surface area contributed by atoms with Gasteiger partial charge in [0.15, 0.2) is 16.0 Å². The predicted molar refractivity (Wildman–Crippen MR) is 149 cm³/mol. The second-order valence-electron chi connectivity index (χ2n) is 7.88. The molecule has 2 aliphatic heterocycles. The SMILES string of the molecule is CO/N=C(\C(=O)NC1C(=O)N2C(C(=O)O)=C(/C=C/Sc3n[nH]c(=O)c(=O)n3C/C=N/OC)CSC12)c1csc(N)n1. The quantitative estimate of drug-likeness (QED) is 0.0773. The summed E-state index contributed by atoms with van der Waals surface area (Å²) in [7, 11) is 2.56. The van der Waals surface area contributed by atoms with Crippen molar-refractivity contribution >= 4 is 69.7 Å². The smallest absolute Gasteiger partial charge is 0.352 e. The monoisotopic (exact) mass is 623 g/mol. The van der Waals surface area contributed by atoms with Gasteiger partial charge in [0, 0.05) is 11.1 Å². The van der Waals surface area contributed by atoms with Crippen molar-refractivity contribution in [3.63, 3.8) is 0 Å². The normalized spacial score (nSPS) is 18.9.